The second-order valence-electron chi connectivity index (χ2n) is 9.70. The number of benzene rings is 3. The van der Waals surface area contributed by atoms with E-state index in [4.69, 9.17) is 19.3 Å². The topological polar surface area (TPSA) is 114 Å². The van der Waals surface area contributed by atoms with E-state index in [2.05, 4.69) is 12.2 Å². The van der Waals surface area contributed by atoms with Gasteiger partial charge in [-0.3, -0.25) is 9.59 Å². The number of methoxy groups -OCH3 is 1. The van der Waals surface area contributed by atoms with Crippen LogP contribution in [-0.4, -0.2) is 41.1 Å². The molecule has 3 N–H and O–H groups in total. The number of hydrogen-bond donors (Lipinski definition) is 3. The number of ether oxygens (including phenoxy) is 3. The van der Waals surface area contributed by atoms with Gasteiger partial charge in [-0.05, 0) is 28.8 Å². The first-order valence-corrected chi connectivity index (χ1v) is 14.2. The Hall–Kier alpha value is -3.37. The molecule has 0 saturated carbocycles. The van der Waals surface area contributed by atoms with Gasteiger partial charge in [-0.1, -0.05) is 67.6 Å². The van der Waals surface area contributed by atoms with Crippen LogP contribution in [0.4, 0.5) is 0 Å². The molecule has 1 aliphatic rings. The summed E-state index contributed by atoms with van der Waals surface area (Å²) in [5, 5.41) is 21.0. The van der Waals surface area contributed by atoms with Crippen molar-refractivity contribution < 1.29 is 34.0 Å². The van der Waals surface area contributed by atoms with Gasteiger partial charge in [0.05, 0.1) is 32.3 Å². The molecular formula is C31H35NO7S. The van der Waals surface area contributed by atoms with Crippen molar-refractivity contribution in [2.24, 2.45) is 5.92 Å². The third kappa shape index (κ3) is 7.85. The van der Waals surface area contributed by atoms with E-state index in [-0.39, 0.29) is 43.5 Å². The fourth-order valence-electron chi connectivity index (χ4n) is 4.52. The Morgan fingerprint density at radius 2 is 1.60 bits per heavy atom. The predicted octanol–water partition coefficient (Wildman–Crippen LogP) is 5.25. The second-order valence-corrected chi connectivity index (χ2v) is 10.8. The number of para-hydroxylation sites is 1. The number of carboxylic acids is 1. The van der Waals surface area contributed by atoms with Crippen molar-refractivity contribution in [2.75, 3.05) is 12.9 Å². The van der Waals surface area contributed by atoms with Gasteiger partial charge in [-0.2, -0.15) is 0 Å². The molecule has 3 aromatic rings. The van der Waals surface area contributed by atoms with Gasteiger partial charge in [0.15, 0.2) is 6.29 Å². The summed E-state index contributed by atoms with van der Waals surface area (Å²) in [5.74, 6) is 0.283. The Labute approximate surface area is 238 Å². The van der Waals surface area contributed by atoms with Crippen LogP contribution in [-0.2, 0) is 32.2 Å². The van der Waals surface area contributed by atoms with E-state index in [0.29, 0.717) is 12.3 Å². The van der Waals surface area contributed by atoms with Crippen LogP contribution >= 0.6 is 11.8 Å². The fraction of sp³-hybridized carbons (Fsp3) is 0.355. The number of carboxylic acid groups (broad SMARTS) is 1. The van der Waals surface area contributed by atoms with E-state index in [1.807, 2.05) is 72.8 Å². The van der Waals surface area contributed by atoms with Gasteiger partial charge < -0.3 is 29.7 Å². The average molecular weight is 566 g/mol. The second kappa shape index (κ2) is 14.3. The third-order valence-corrected chi connectivity index (χ3v) is 8.05. The molecule has 4 rings (SSSR count). The lowest BCUT2D eigenvalue weighted by Crippen LogP contribution is -2.38. The number of aliphatic hydroxyl groups is 1. The maximum atomic E-state index is 11.9. The molecule has 0 radical (unpaired) electrons. The van der Waals surface area contributed by atoms with Crippen molar-refractivity contribution in [3.8, 4) is 5.75 Å². The molecule has 3 aromatic carbocycles. The van der Waals surface area contributed by atoms with Gasteiger partial charge in [-0.25, -0.2) is 0 Å². The number of hydrogen-bond acceptors (Lipinski definition) is 7. The van der Waals surface area contributed by atoms with Crippen molar-refractivity contribution >= 4 is 23.6 Å². The number of nitrogens with one attached hydrogen (secondary N) is 1. The highest BCUT2D eigenvalue weighted by Crippen LogP contribution is 2.43. The fourth-order valence-corrected chi connectivity index (χ4v) is 5.72. The predicted molar refractivity (Wildman–Crippen MR) is 152 cm³/mol. The normalized spacial score (nSPS) is 20.6. The first-order valence-electron chi connectivity index (χ1n) is 13.2. The first-order chi connectivity index (χ1) is 19.4. The summed E-state index contributed by atoms with van der Waals surface area (Å²) in [6.45, 7) is 2.42. The monoisotopic (exact) mass is 565 g/mol. The van der Waals surface area contributed by atoms with E-state index in [1.165, 1.54) is 0 Å². The van der Waals surface area contributed by atoms with E-state index in [1.54, 1.807) is 18.9 Å². The lowest BCUT2D eigenvalue weighted by Gasteiger charge is -2.41. The minimum Gasteiger partial charge on any atom is -0.496 e. The Morgan fingerprint density at radius 1 is 0.925 bits per heavy atom. The lowest BCUT2D eigenvalue weighted by atomic mass is 9.91. The minimum absolute atomic E-state index is 0.0162. The number of rotatable bonds is 12. The standard InChI is InChI=1S/C31H35NO7S/c1-20-26(19-40-27-6-4-3-5-25(27)37-2)38-31(39-30(20)23-11-9-22(18-33)10-12-23)24-13-7-21(8-14-24)17-32-28(34)15-16-29(35)36/h3-14,20,26,30-31,33H,15-19H2,1-2H3,(H,32,34)(H,35,36). The number of aliphatic hydroxyl groups excluding tert-OH is 1. The highest BCUT2D eigenvalue weighted by Gasteiger charge is 2.38. The largest absolute Gasteiger partial charge is 0.496 e. The highest BCUT2D eigenvalue weighted by atomic mass is 32.2. The maximum Gasteiger partial charge on any atom is 0.303 e. The number of carbonyl (C=O) groups excluding carboxylic acids is 1. The zero-order valence-electron chi connectivity index (χ0n) is 22.6. The van der Waals surface area contributed by atoms with Crippen molar-refractivity contribution in [3.63, 3.8) is 0 Å². The number of thioether (sulfide) groups is 1. The quantitative estimate of drug-likeness (QED) is 0.255. The molecular weight excluding hydrogens is 530 g/mol. The van der Waals surface area contributed by atoms with Crippen LogP contribution in [0.2, 0.25) is 0 Å². The molecule has 9 heteroatoms. The number of aliphatic carboxylic acids is 1. The van der Waals surface area contributed by atoms with Crippen LogP contribution < -0.4 is 10.1 Å². The maximum absolute atomic E-state index is 11.9. The van der Waals surface area contributed by atoms with E-state index in [0.717, 1.165) is 32.9 Å². The summed E-state index contributed by atoms with van der Waals surface area (Å²) in [5.41, 5.74) is 3.60. The Bertz CT molecular complexity index is 1270. The van der Waals surface area contributed by atoms with Crippen LogP contribution in [0.25, 0.3) is 0 Å². The summed E-state index contributed by atoms with van der Waals surface area (Å²) in [6.07, 6.45) is -1.18. The van der Waals surface area contributed by atoms with E-state index >= 15 is 0 Å². The Balaban J connectivity index is 1.49. The summed E-state index contributed by atoms with van der Waals surface area (Å²) < 4.78 is 18.6. The average Bonchev–Trinajstić information content (AvgIpc) is 2.99. The summed E-state index contributed by atoms with van der Waals surface area (Å²) in [7, 11) is 1.67. The van der Waals surface area contributed by atoms with Gasteiger partial charge in [0, 0.05) is 35.1 Å². The SMILES string of the molecule is COc1ccccc1SCC1OC(c2ccc(CNC(=O)CCC(=O)O)cc2)OC(c2ccc(CO)cc2)C1C. The zero-order valence-corrected chi connectivity index (χ0v) is 23.4. The Kier molecular flexibility index (Phi) is 10.6. The molecule has 1 saturated heterocycles. The molecule has 1 amide bonds. The van der Waals surface area contributed by atoms with Crippen molar-refractivity contribution in [3.05, 3.63) is 95.1 Å². The molecule has 1 aliphatic heterocycles. The molecule has 4 atom stereocenters. The minimum atomic E-state index is -0.997. The Morgan fingerprint density at radius 3 is 2.27 bits per heavy atom. The molecule has 1 heterocycles. The van der Waals surface area contributed by atoms with Gasteiger partial charge in [0.1, 0.15) is 5.75 Å². The smallest absolute Gasteiger partial charge is 0.303 e. The zero-order chi connectivity index (χ0) is 28.5. The van der Waals surface area contributed by atoms with Crippen LogP contribution in [0.15, 0.2) is 77.7 Å². The van der Waals surface area contributed by atoms with Crippen LogP contribution in [0.3, 0.4) is 0 Å². The molecule has 0 bridgehead atoms. The van der Waals surface area contributed by atoms with Crippen LogP contribution in [0.5, 0.6) is 5.75 Å². The molecule has 0 spiro atoms. The van der Waals surface area contributed by atoms with E-state index in [9.17, 15) is 14.7 Å². The van der Waals surface area contributed by atoms with E-state index < -0.39 is 12.3 Å². The van der Waals surface area contributed by atoms with Crippen LogP contribution in [0.1, 0.15) is 54.4 Å². The molecule has 0 aromatic heterocycles. The van der Waals surface area contributed by atoms with Gasteiger partial charge in [0.2, 0.25) is 5.91 Å². The third-order valence-electron chi connectivity index (χ3n) is 6.90. The molecule has 40 heavy (non-hydrogen) atoms. The van der Waals surface area contributed by atoms with Crippen molar-refractivity contribution in [1.82, 2.24) is 5.32 Å². The number of carbonyl (C=O) groups is 2. The van der Waals surface area contributed by atoms with Crippen molar-refractivity contribution in [2.45, 2.75) is 56.3 Å². The van der Waals surface area contributed by atoms with Crippen LogP contribution in [0, 0.1) is 5.92 Å². The highest BCUT2D eigenvalue weighted by molar-refractivity contribution is 7.99. The first kappa shape index (κ1) is 29.6. The summed E-state index contributed by atoms with van der Waals surface area (Å²) in [6, 6.07) is 23.4. The summed E-state index contributed by atoms with van der Waals surface area (Å²) >= 11 is 1.68. The van der Waals surface area contributed by atoms with Gasteiger partial charge in [0.25, 0.3) is 0 Å². The molecule has 0 aliphatic carbocycles. The molecule has 4 unspecified atom stereocenters. The van der Waals surface area contributed by atoms with Gasteiger partial charge >= 0.3 is 5.97 Å². The lowest BCUT2D eigenvalue weighted by molar-refractivity contribution is -0.268. The number of amides is 1. The molecule has 212 valence electrons. The summed E-state index contributed by atoms with van der Waals surface area (Å²) in [4.78, 5) is 23.6. The van der Waals surface area contributed by atoms with Gasteiger partial charge in [-0.15, -0.1) is 11.8 Å². The molecule has 1 fully saturated rings. The molecule has 8 nitrogen and oxygen atoms in total. The van der Waals surface area contributed by atoms with Crippen molar-refractivity contribution in [1.29, 1.82) is 0 Å².